The Bertz CT molecular complexity index is 800. The lowest BCUT2D eigenvalue weighted by Crippen LogP contribution is -2.14. The van der Waals surface area contributed by atoms with Crippen molar-refractivity contribution in [3.8, 4) is 10.6 Å². The van der Waals surface area contributed by atoms with Crippen LogP contribution in [0.3, 0.4) is 0 Å². The van der Waals surface area contributed by atoms with Gasteiger partial charge in [0.25, 0.3) is 0 Å². The molecule has 0 saturated carbocycles. The largest absolute Gasteiger partial charge is 0.325 e. The number of halogens is 2. The van der Waals surface area contributed by atoms with Crippen LogP contribution in [-0.2, 0) is 11.2 Å². The highest BCUT2D eigenvalue weighted by atomic mass is 79.9. The molecule has 22 heavy (non-hydrogen) atoms. The molecular formula is C15H10Br2N2OS2. The smallest absolute Gasteiger partial charge is 0.230 e. The molecule has 0 aliphatic heterocycles. The first-order valence-corrected chi connectivity index (χ1v) is 9.74. The first-order chi connectivity index (χ1) is 10.6. The van der Waals surface area contributed by atoms with Gasteiger partial charge in [-0.05, 0) is 45.6 Å². The number of hydrogen-bond acceptors (Lipinski definition) is 4. The molecule has 1 amide bonds. The Morgan fingerprint density at radius 2 is 2.09 bits per heavy atom. The maximum Gasteiger partial charge on any atom is 0.230 e. The number of nitrogens with one attached hydrogen (secondary N) is 1. The summed E-state index contributed by atoms with van der Waals surface area (Å²) in [6, 6.07) is 7.67. The minimum atomic E-state index is -0.0785. The first kappa shape index (κ1) is 15.9. The van der Waals surface area contributed by atoms with Gasteiger partial charge >= 0.3 is 0 Å². The van der Waals surface area contributed by atoms with E-state index in [-0.39, 0.29) is 12.3 Å². The van der Waals surface area contributed by atoms with Gasteiger partial charge in [0, 0.05) is 25.3 Å². The van der Waals surface area contributed by atoms with Crippen molar-refractivity contribution in [3.05, 3.63) is 55.0 Å². The van der Waals surface area contributed by atoms with Gasteiger partial charge in [-0.15, -0.1) is 11.3 Å². The van der Waals surface area contributed by atoms with Crippen LogP contribution in [0.5, 0.6) is 0 Å². The van der Waals surface area contributed by atoms with Crippen LogP contribution in [0.1, 0.15) is 5.69 Å². The summed E-state index contributed by atoms with van der Waals surface area (Å²) in [7, 11) is 0. The van der Waals surface area contributed by atoms with Crippen molar-refractivity contribution < 1.29 is 4.79 Å². The van der Waals surface area contributed by atoms with E-state index in [4.69, 9.17) is 0 Å². The summed E-state index contributed by atoms with van der Waals surface area (Å²) in [5.41, 5.74) is 2.65. The Morgan fingerprint density at radius 1 is 1.23 bits per heavy atom. The Hall–Kier alpha value is -1.02. The van der Waals surface area contributed by atoms with E-state index in [9.17, 15) is 4.79 Å². The molecule has 0 radical (unpaired) electrons. The monoisotopic (exact) mass is 456 g/mol. The highest BCUT2D eigenvalue weighted by molar-refractivity contribution is 9.11. The number of benzene rings is 1. The number of carbonyl (C=O) groups excluding carboxylic acids is 1. The third kappa shape index (κ3) is 3.84. The van der Waals surface area contributed by atoms with Gasteiger partial charge in [-0.1, -0.05) is 15.9 Å². The number of rotatable bonds is 4. The van der Waals surface area contributed by atoms with Gasteiger partial charge in [0.15, 0.2) is 0 Å². The minimum Gasteiger partial charge on any atom is -0.325 e. The fourth-order valence-electron chi connectivity index (χ4n) is 1.86. The number of anilines is 1. The molecule has 3 rings (SSSR count). The maximum absolute atomic E-state index is 12.1. The van der Waals surface area contributed by atoms with E-state index in [1.807, 2.05) is 35.0 Å². The zero-order valence-corrected chi connectivity index (χ0v) is 16.0. The van der Waals surface area contributed by atoms with Gasteiger partial charge in [-0.3, -0.25) is 4.79 Å². The second-order valence-electron chi connectivity index (χ2n) is 4.51. The molecule has 2 aromatic heterocycles. The van der Waals surface area contributed by atoms with E-state index in [1.165, 1.54) is 0 Å². The van der Waals surface area contributed by atoms with E-state index in [0.717, 1.165) is 30.9 Å². The van der Waals surface area contributed by atoms with Gasteiger partial charge in [-0.2, -0.15) is 11.3 Å². The standard InChI is InChI=1S/C15H10Br2N2OS2/c16-10-1-2-13(12(17)5-10)19-14(20)6-11-8-22-15(18-11)9-3-4-21-7-9/h1-5,7-8H,6H2,(H,19,20). The fraction of sp³-hybridized carbons (Fsp3) is 0.0667. The second-order valence-corrected chi connectivity index (χ2v) is 7.91. The fourth-order valence-corrected chi connectivity index (χ4v) is 4.53. The van der Waals surface area contributed by atoms with E-state index < -0.39 is 0 Å². The highest BCUT2D eigenvalue weighted by Crippen LogP contribution is 2.27. The maximum atomic E-state index is 12.1. The van der Waals surface area contributed by atoms with Crippen molar-refractivity contribution in [1.82, 2.24) is 4.98 Å². The molecule has 1 aromatic carbocycles. The molecule has 1 N–H and O–H groups in total. The predicted octanol–water partition coefficient (Wildman–Crippen LogP) is 5.58. The Labute approximate surface area is 152 Å². The molecule has 0 aliphatic carbocycles. The number of nitrogens with zero attached hydrogens (tertiary/aromatic N) is 1. The van der Waals surface area contributed by atoms with Gasteiger partial charge in [0.2, 0.25) is 5.91 Å². The molecule has 0 bridgehead atoms. The van der Waals surface area contributed by atoms with Crippen molar-refractivity contribution in [2.45, 2.75) is 6.42 Å². The molecule has 0 fully saturated rings. The van der Waals surface area contributed by atoms with Gasteiger partial charge in [0.05, 0.1) is 17.8 Å². The van der Waals surface area contributed by atoms with Gasteiger partial charge in [0.1, 0.15) is 5.01 Å². The molecule has 3 aromatic rings. The lowest BCUT2D eigenvalue weighted by atomic mass is 10.3. The molecule has 112 valence electrons. The van der Waals surface area contributed by atoms with E-state index in [0.29, 0.717) is 0 Å². The number of carbonyl (C=O) groups is 1. The third-order valence-electron chi connectivity index (χ3n) is 2.87. The third-order valence-corrected chi connectivity index (χ3v) is 5.64. The summed E-state index contributed by atoms with van der Waals surface area (Å²) in [4.78, 5) is 16.7. The number of thiophene rings is 1. The first-order valence-electron chi connectivity index (χ1n) is 6.34. The van der Waals surface area contributed by atoms with Crippen LogP contribution in [0.25, 0.3) is 10.6 Å². The number of thiazole rings is 1. The van der Waals surface area contributed by atoms with Crippen molar-refractivity contribution in [3.63, 3.8) is 0 Å². The van der Waals surface area contributed by atoms with Gasteiger partial charge < -0.3 is 5.32 Å². The summed E-state index contributed by atoms with van der Waals surface area (Å²) in [6.07, 6.45) is 0.267. The number of aromatic nitrogens is 1. The van der Waals surface area contributed by atoms with Crippen LogP contribution in [0.4, 0.5) is 5.69 Å². The van der Waals surface area contributed by atoms with Crippen molar-refractivity contribution >= 4 is 66.1 Å². The highest BCUT2D eigenvalue weighted by Gasteiger charge is 2.11. The quantitative estimate of drug-likeness (QED) is 0.555. The van der Waals surface area contributed by atoms with Crippen LogP contribution >= 0.6 is 54.5 Å². The average Bonchev–Trinajstić information content (AvgIpc) is 3.12. The predicted molar refractivity (Wildman–Crippen MR) is 99.6 cm³/mol. The summed E-state index contributed by atoms with van der Waals surface area (Å²) in [5.74, 6) is -0.0785. The molecule has 0 aliphatic rings. The summed E-state index contributed by atoms with van der Waals surface area (Å²) in [6.45, 7) is 0. The van der Waals surface area contributed by atoms with Crippen LogP contribution < -0.4 is 5.32 Å². The minimum absolute atomic E-state index is 0.0785. The van der Waals surface area contributed by atoms with Crippen molar-refractivity contribution in [2.75, 3.05) is 5.32 Å². The molecule has 0 spiro atoms. The molecule has 0 saturated heterocycles. The lowest BCUT2D eigenvalue weighted by molar-refractivity contribution is -0.115. The number of hydrogen-bond donors (Lipinski definition) is 1. The Kier molecular flexibility index (Phi) is 5.07. The summed E-state index contributed by atoms with van der Waals surface area (Å²) < 4.78 is 1.80. The molecule has 3 nitrogen and oxygen atoms in total. The van der Waals surface area contributed by atoms with Crippen LogP contribution in [-0.4, -0.2) is 10.9 Å². The zero-order valence-electron chi connectivity index (χ0n) is 11.2. The molecular weight excluding hydrogens is 448 g/mol. The van der Waals surface area contributed by atoms with Crippen molar-refractivity contribution in [1.29, 1.82) is 0 Å². The van der Waals surface area contributed by atoms with Crippen LogP contribution in [0.15, 0.2) is 49.4 Å². The van der Waals surface area contributed by atoms with E-state index in [2.05, 4.69) is 47.5 Å². The van der Waals surface area contributed by atoms with Crippen molar-refractivity contribution in [2.24, 2.45) is 0 Å². The van der Waals surface area contributed by atoms with Crippen LogP contribution in [0, 0.1) is 0 Å². The van der Waals surface area contributed by atoms with Gasteiger partial charge in [-0.25, -0.2) is 4.98 Å². The Morgan fingerprint density at radius 3 is 2.82 bits per heavy atom. The molecule has 7 heteroatoms. The molecule has 0 atom stereocenters. The molecule has 2 heterocycles. The average molecular weight is 458 g/mol. The molecule has 0 unspecified atom stereocenters. The normalized spacial score (nSPS) is 10.6. The van der Waals surface area contributed by atoms with Crippen LogP contribution in [0.2, 0.25) is 0 Å². The zero-order chi connectivity index (χ0) is 15.5. The number of amides is 1. The Balaban J connectivity index is 1.67. The lowest BCUT2D eigenvalue weighted by Gasteiger charge is -2.06. The SMILES string of the molecule is O=C(Cc1csc(-c2ccsc2)n1)Nc1ccc(Br)cc1Br. The topological polar surface area (TPSA) is 42.0 Å². The van der Waals surface area contributed by atoms with E-state index >= 15 is 0 Å². The van der Waals surface area contributed by atoms with E-state index in [1.54, 1.807) is 22.7 Å². The summed E-state index contributed by atoms with van der Waals surface area (Å²) in [5, 5.41) is 9.86. The summed E-state index contributed by atoms with van der Waals surface area (Å²) >= 11 is 10.0. The second kappa shape index (κ2) is 7.04.